The van der Waals surface area contributed by atoms with Crippen LogP contribution in [0.4, 0.5) is 0 Å². The third kappa shape index (κ3) is 4.42. The standard InChI is InChI=1S/C14H29NO/c1-4-12-6-5-7-13(10-12)15-14(8-9-16)11(2)3/h11-16H,4-10H2,1-3H3. The van der Waals surface area contributed by atoms with Crippen LogP contribution in [0.25, 0.3) is 0 Å². The molecule has 0 radical (unpaired) electrons. The fourth-order valence-electron chi connectivity index (χ4n) is 2.86. The molecular weight excluding hydrogens is 198 g/mol. The van der Waals surface area contributed by atoms with Crippen LogP contribution in [0.15, 0.2) is 0 Å². The zero-order valence-electron chi connectivity index (χ0n) is 11.2. The van der Waals surface area contributed by atoms with Crippen LogP contribution in [0.3, 0.4) is 0 Å². The number of hydrogen-bond acceptors (Lipinski definition) is 2. The zero-order valence-corrected chi connectivity index (χ0v) is 11.2. The summed E-state index contributed by atoms with van der Waals surface area (Å²) in [6, 6.07) is 1.18. The first-order valence-corrected chi connectivity index (χ1v) is 7.04. The molecule has 0 spiro atoms. The second-order valence-corrected chi connectivity index (χ2v) is 5.67. The molecule has 1 rings (SSSR count). The molecule has 1 aliphatic rings. The summed E-state index contributed by atoms with van der Waals surface area (Å²) in [6.07, 6.45) is 7.67. The molecule has 0 aliphatic heterocycles. The Morgan fingerprint density at radius 3 is 2.62 bits per heavy atom. The van der Waals surface area contributed by atoms with Crippen LogP contribution in [0.1, 0.15) is 59.3 Å². The van der Waals surface area contributed by atoms with E-state index in [1.54, 1.807) is 0 Å². The molecule has 0 bridgehead atoms. The second-order valence-electron chi connectivity index (χ2n) is 5.67. The molecule has 0 aromatic carbocycles. The molecule has 3 unspecified atom stereocenters. The van der Waals surface area contributed by atoms with Crippen molar-refractivity contribution in [2.45, 2.75) is 71.4 Å². The van der Waals surface area contributed by atoms with Crippen molar-refractivity contribution in [3.05, 3.63) is 0 Å². The van der Waals surface area contributed by atoms with Crippen LogP contribution in [-0.4, -0.2) is 23.8 Å². The highest BCUT2D eigenvalue weighted by molar-refractivity contribution is 4.82. The average Bonchev–Trinajstić information content (AvgIpc) is 2.28. The molecule has 0 saturated heterocycles. The predicted molar refractivity (Wildman–Crippen MR) is 69.5 cm³/mol. The SMILES string of the molecule is CCC1CCCC(NC(CCO)C(C)C)C1. The van der Waals surface area contributed by atoms with Gasteiger partial charge in [-0.05, 0) is 31.1 Å². The van der Waals surface area contributed by atoms with Gasteiger partial charge in [-0.15, -0.1) is 0 Å². The van der Waals surface area contributed by atoms with Crippen LogP contribution in [-0.2, 0) is 0 Å². The minimum atomic E-state index is 0.305. The maximum Gasteiger partial charge on any atom is 0.0445 e. The van der Waals surface area contributed by atoms with E-state index in [2.05, 4.69) is 26.1 Å². The Balaban J connectivity index is 2.38. The Bertz CT molecular complexity index is 182. The molecular formula is C14H29NO. The van der Waals surface area contributed by atoms with Crippen molar-refractivity contribution in [1.29, 1.82) is 0 Å². The number of aliphatic hydroxyl groups is 1. The van der Waals surface area contributed by atoms with Crippen molar-refractivity contribution in [2.75, 3.05) is 6.61 Å². The summed E-state index contributed by atoms with van der Waals surface area (Å²) in [5.74, 6) is 1.54. The summed E-state index contributed by atoms with van der Waals surface area (Å²) < 4.78 is 0. The van der Waals surface area contributed by atoms with Gasteiger partial charge >= 0.3 is 0 Å². The fraction of sp³-hybridized carbons (Fsp3) is 1.00. The lowest BCUT2D eigenvalue weighted by Gasteiger charge is -2.33. The largest absolute Gasteiger partial charge is 0.396 e. The summed E-state index contributed by atoms with van der Waals surface area (Å²) >= 11 is 0. The maximum atomic E-state index is 9.07. The highest BCUT2D eigenvalue weighted by Gasteiger charge is 2.23. The summed E-state index contributed by atoms with van der Waals surface area (Å²) in [6.45, 7) is 7.10. The van der Waals surface area contributed by atoms with E-state index < -0.39 is 0 Å². The van der Waals surface area contributed by atoms with Crippen LogP contribution < -0.4 is 5.32 Å². The Morgan fingerprint density at radius 2 is 2.06 bits per heavy atom. The molecule has 1 saturated carbocycles. The summed E-state index contributed by atoms with van der Waals surface area (Å²) in [5, 5.41) is 12.8. The van der Waals surface area contributed by atoms with Crippen LogP contribution in [0.5, 0.6) is 0 Å². The highest BCUT2D eigenvalue weighted by Crippen LogP contribution is 2.27. The van der Waals surface area contributed by atoms with E-state index in [1.807, 2.05) is 0 Å². The van der Waals surface area contributed by atoms with Gasteiger partial charge in [0.1, 0.15) is 0 Å². The van der Waals surface area contributed by atoms with Gasteiger partial charge in [0.05, 0.1) is 0 Å². The third-order valence-electron chi connectivity index (χ3n) is 4.05. The molecule has 16 heavy (non-hydrogen) atoms. The first-order chi connectivity index (χ1) is 7.67. The van der Waals surface area contributed by atoms with Gasteiger partial charge in [-0.2, -0.15) is 0 Å². The van der Waals surface area contributed by atoms with Gasteiger partial charge in [0.25, 0.3) is 0 Å². The Morgan fingerprint density at radius 1 is 1.31 bits per heavy atom. The number of hydrogen-bond donors (Lipinski definition) is 2. The predicted octanol–water partition coefficient (Wildman–Crippen LogP) is 2.95. The molecule has 1 fully saturated rings. The molecule has 96 valence electrons. The smallest absolute Gasteiger partial charge is 0.0445 e. The van der Waals surface area contributed by atoms with Crippen molar-refractivity contribution in [3.8, 4) is 0 Å². The van der Waals surface area contributed by atoms with E-state index in [4.69, 9.17) is 5.11 Å². The van der Waals surface area contributed by atoms with E-state index in [9.17, 15) is 0 Å². The topological polar surface area (TPSA) is 32.3 Å². The van der Waals surface area contributed by atoms with Crippen LogP contribution >= 0.6 is 0 Å². The van der Waals surface area contributed by atoms with Gasteiger partial charge in [-0.3, -0.25) is 0 Å². The first-order valence-electron chi connectivity index (χ1n) is 7.04. The molecule has 1 aliphatic carbocycles. The van der Waals surface area contributed by atoms with E-state index in [-0.39, 0.29) is 0 Å². The summed E-state index contributed by atoms with van der Waals surface area (Å²) in [7, 11) is 0. The lowest BCUT2D eigenvalue weighted by molar-refractivity contribution is 0.205. The third-order valence-corrected chi connectivity index (χ3v) is 4.05. The second kappa shape index (κ2) is 7.29. The quantitative estimate of drug-likeness (QED) is 0.731. The Kier molecular flexibility index (Phi) is 6.37. The van der Waals surface area contributed by atoms with E-state index in [0.29, 0.717) is 24.6 Å². The van der Waals surface area contributed by atoms with Gasteiger partial charge in [0.15, 0.2) is 0 Å². The highest BCUT2D eigenvalue weighted by atomic mass is 16.3. The van der Waals surface area contributed by atoms with Crippen LogP contribution in [0, 0.1) is 11.8 Å². The lowest BCUT2D eigenvalue weighted by atomic mass is 9.83. The molecule has 0 heterocycles. The van der Waals surface area contributed by atoms with Crippen molar-refractivity contribution >= 4 is 0 Å². The first kappa shape index (κ1) is 14.0. The number of nitrogens with one attached hydrogen (secondary N) is 1. The average molecular weight is 227 g/mol. The molecule has 0 aromatic heterocycles. The molecule has 2 nitrogen and oxygen atoms in total. The van der Waals surface area contributed by atoms with Gasteiger partial charge in [0, 0.05) is 18.7 Å². The summed E-state index contributed by atoms with van der Waals surface area (Å²) in [4.78, 5) is 0. The fourth-order valence-corrected chi connectivity index (χ4v) is 2.86. The number of rotatable bonds is 6. The molecule has 2 N–H and O–H groups in total. The Labute approximate surface area is 101 Å². The van der Waals surface area contributed by atoms with Gasteiger partial charge in [-0.25, -0.2) is 0 Å². The normalized spacial score (nSPS) is 28.3. The molecule has 2 heteroatoms. The number of aliphatic hydroxyl groups excluding tert-OH is 1. The van der Waals surface area contributed by atoms with Crippen molar-refractivity contribution in [2.24, 2.45) is 11.8 Å². The lowest BCUT2D eigenvalue weighted by Crippen LogP contribution is -2.44. The molecule has 0 aromatic rings. The van der Waals surface area contributed by atoms with E-state index >= 15 is 0 Å². The molecule has 3 atom stereocenters. The maximum absolute atomic E-state index is 9.07. The van der Waals surface area contributed by atoms with Crippen molar-refractivity contribution in [1.82, 2.24) is 5.32 Å². The van der Waals surface area contributed by atoms with Crippen molar-refractivity contribution in [3.63, 3.8) is 0 Å². The van der Waals surface area contributed by atoms with Gasteiger partial charge in [-0.1, -0.05) is 40.0 Å². The van der Waals surface area contributed by atoms with Crippen molar-refractivity contribution < 1.29 is 5.11 Å². The minimum absolute atomic E-state index is 0.305. The van der Waals surface area contributed by atoms with Gasteiger partial charge < -0.3 is 10.4 Å². The summed E-state index contributed by atoms with van der Waals surface area (Å²) in [5.41, 5.74) is 0. The van der Waals surface area contributed by atoms with Crippen LogP contribution in [0.2, 0.25) is 0 Å². The molecule has 0 amide bonds. The minimum Gasteiger partial charge on any atom is -0.396 e. The van der Waals surface area contributed by atoms with Gasteiger partial charge in [0.2, 0.25) is 0 Å². The zero-order chi connectivity index (χ0) is 12.0. The monoisotopic (exact) mass is 227 g/mol. The Hall–Kier alpha value is -0.0800. The van der Waals surface area contributed by atoms with E-state index in [0.717, 1.165) is 12.3 Å². The van der Waals surface area contributed by atoms with E-state index in [1.165, 1.54) is 32.1 Å².